The summed E-state index contributed by atoms with van der Waals surface area (Å²) in [7, 11) is -5.17. The molecule has 13 heteroatoms. The molecule has 0 saturated heterocycles. The van der Waals surface area contributed by atoms with E-state index in [-0.39, 0.29) is 11.1 Å². The van der Waals surface area contributed by atoms with Crippen molar-refractivity contribution in [2.75, 3.05) is 0 Å². The van der Waals surface area contributed by atoms with Gasteiger partial charge in [0.05, 0.1) is 11.1 Å². The van der Waals surface area contributed by atoms with Gasteiger partial charge in [-0.1, -0.05) is 0 Å². The summed E-state index contributed by atoms with van der Waals surface area (Å²) in [6, 6.07) is 11.2. The Bertz CT molecular complexity index is 898. The molecule has 0 radical (unpaired) electrons. The zero-order chi connectivity index (χ0) is 21.0. The molecule has 0 atom stereocenters. The first-order valence-corrected chi connectivity index (χ1v) is 7.85. The largest absolute Gasteiger partial charge is 0.759 e. The Balaban J connectivity index is 0.000000405. The van der Waals surface area contributed by atoms with Crippen molar-refractivity contribution in [2.45, 2.75) is 0 Å². The lowest BCUT2D eigenvalue weighted by atomic mass is 10.2. The van der Waals surface area contributed by atoms with Crippen molar-refractivity contribution in [1.82, 2.24) is 0 Å². The van der Waals surface area contributed by atoms with Crippen LogP contribution in [0.3, 0.4) is 0 Å². The molecule has 0 saturated carbocycles. The maximum atomic E-state index is 10.3. The summed E-state index contributed by atoms with van der Waals surface area (Å²) in [6.07, 6.45) is 0. The fourth-order valence-electron chi connectivity index (χ4n) is 1.34. The van der Waals surface area contributed by atoms with Gasteiger partial charge in [-0.05, 0) is 24.3 Å². The number of rotatable bonds is 2. The first kappa shape index (κ1) is 23.1. The standard InChI is InChI=1S/2C7H4N2O2.H2O4S/c2*8-9-6-3-1-5(2-4-6)7(10)11;1-5(2,3)4/h2*1-4H;(H2,1,2,3,4). The summed E-state index contributed by atoms with van der Waals surface area (Å²) >= 11 is 0. The molecule has 2 aromatic carbocycles. The molecule has 0 heterocycles. The average molecular weight is 394 g/mol. The number of benzene rings is 2. The molecule has 0 bridgehead atoms. The van der Waals surface area contributed by atoms with Crippen molar-refractivity contribution in [1.29, 1.82) is 10.8 Å². The van der Waals surface area contributed by atoms with E-state index >= 15 is 0 Å². The van der Waals surface area contributed by atoms with Gasteiger partial charge in [0.25, 0.3) is 0 Å². The van der Waals surface area contributed by atoms with Crippen LogP contribution in [0.15, 0.2) is 48.5 Å². The van der Waals surface area contributed by atoms with Crippen LogP contribution in [0, 0.1) is 10.8 Å². The molecule has 140 valence electrons. The zero-order valence-electron chi connectivity index (χ0n) is 13.2. The van der Waals surface area contributed by atoms with Crippen molar-refractivity contribution >= 4 is 33.7 Å². The third kappa shape index (κ3) is 11.3. The minimum Gasteiger partial charge on any atom is -0.759 e. The van der Waals surface area contributed by atoms with Gasteiger partial charge in [-0.2, -0.15) is 0 Å². The van der Waals surface area contributed by atoms with Crippen LogP contribution in [0.25, 0.3) is 9.95 Å². The smallest absolute Gasteiger partial charge is 0.385 e. The van der Waals surface area contributed by atoms with E-state index in [2.05, 4.69) is 9.95 Å². The van der Waals surface area contributed by atoms with Gasteiger partial charge in [0.2, 0.25) is 10.8 Å². The molecule has 0 aliphatic rings. The highest BCUT2D eigenvalue weighted by Gasteiger charge is 2.07. The van der Waals surface area contributed by atoms with Crippen molar-refractivity contribution in [2.24, 2.45) is 0 Å². The van der Waals surface area contributed by atoms with Gasteiger partial charge >= 0.3 is 23.3 Å². The third-order valence-corrected chi connectivity index (χ3v) is 2.46. The van der Waals surface area contributed by atoms with Gasteiger partial charge in [-0.25, -0.2) is 9.59 Å². The van der Waals surface area contributed by atoms with Crippen molar-refractivity contribution < 1.29 is 37.3 Å². The molecule has 0 unspecified atom stereocenters. The Morgan fingerprint density at radius 3 is 1.11 bits per heavy atom. The van der Waals surface area contributed by atoms with Gasteiger partial charge in [-0.3, -0.25) is 8.42 Å². The molecule has 0 aliphatic heterocycles. The van der Waals surface area contributed by atoms with Gasteiger partial charge in [0, 0.05) is 34.7 Å². The number of aromatic carboxylic acids is 2. The number of carboxylic acid groups (broad SMARTS) is 2. The lowest BCUT2D eigenvalue weighted by Gasteiger charge is -2.06. The van der Waals surface area contributed by atoms with Gasteiger partial charge in [0.15, 0.2) is 9.95 Å². The summed E-state index contributed by atoms with van der Waals surface area (Å²) in [5.74, 6) is -1.98. The average Bonchev–Trinajstić information content (AvgIpc) is 2.61. The highest BCUT2D eigenvalue weighted by atomic mass is 32.3. The van der Waals surface area contributed by atoms with E-state index in [1.807, 2.05) is 0 Å². The van der Waals surface area contributed by atoms with E-state index in [0.717, 1.165) is 0 Å². The van der Waals surface area contributed by atoms with E-state index in [1.54, 1.807) is 0 Å². The molecule has 0 fully saturated rings. The number of hydrogen-bond acceptors (Lipinski definition) is 8. The van der Waals surface area contributed by atoms with Crippen LogP contribution in [0.2, 0.25) is 0 Å². The number of carbonyl (C=O) groups is 2. The predicted octanol–water partition coefficient (Wildman–Crippen LogP) is 2.40. The molecule has 0 aromatic heterocycles. The van der Waals surface area contributed by atoms with E-state index in [0.29, 0.717) is 11.4 Å². The monoisotopic (exact) mass is 394 g/mol. The van der Waals surface area contributed by atoms with Crippen molar-refractivity contribution in [3.05, 3.63) is 69.6 Å². The molecule has 0 amide bonds. The van der Waals surface area contributed by atoms with E-state index in [1.165, 1.54) is 48.5 Å². The Morgan fingerprint density at radius 2 is 0.963 bits per heavy atom. The second-order valence-electron chi connectivity index (χ2n) is 4.31. The molecule has 0 spiro atoms. The summed E-state index contributed by atoms with van der Waals surface area (Å²) in [4.78, 5) is 26.4. The second-order valence-corrected chi connectivity index (χ2v) is 5.13. The van der Waals surface area contributed by atoms with E-state index < -0.39 is 22.3 Å². The molecule has 2 aromatic rings. The summed E-state index contributed by atoms with van der Waals surface area (Å²) in [6.45, 7) is 0. The predicted molar refractivity (Wildman–Crippen MR) is 86.8 cm³/mol. The minimum absolute atomic E-state index is 0.178. The number of diazo groups is 2. The molecule has 0 aliphatic carbocycles. The fraction of sp³-hybridized carbons (Fsp3) is 0. The summed E-state index contributed by atoms with van der Waals surface area (Å²) in [5.41, 5.74) is 1.04. The van der Waals surface area contributed by atoms with E-state index in [4.69, 9.17) is 38.5 Å². The Labute approximate surface area is 152 Å². The molecule has 27 heavy (non-hydrogen) atoms. The molecular formula is C14H10N4O8S. The minimum atomic E-state index is -5.17. The Hall–Kier alpha value is -3.91. The first-order valence-electron chi connectivity index (χ1n) is 6.51. The molecule has 2 N–H and O–H groups in total. The lowest BCUT2D eigenvalue weighted by Crippen LogP contribution is -1.93. The van der Waals surface area contributed by atoms with Crippen LogP contribution in [0.1, 0.15) is 20.7 Å². The maximum absolute atomic E-state index is 10.3. The maximum Gasteiger partial charge on any atom is 0.385 e. The van der Waals surface area contributed by atoms with Gasteiger partial charge in [-0.15, -0.1) is 0 Å². The van der Waals surface area contributed by atoms with Gasteiger partial charge in [0.1, 0.15) is 0 Å². The first-order chi connectivity index (χ1) is 12.5. The van der Waals surface area contributed by atoms with E-state index in [9.17, 15) is 9.59 Å². The SMILES string of the molecule is N#[N+]c1ccc(C(=O)O)cc1.N#[N+]c1ccc(C(=O)O)cc1.O=S(=O)([O-])[O-]. The molecule has 12 nitrogen and oxygen atoms in total. The second kappa shape index (κ2) is 10.9. The number of hydrogen-bond donors (Lipinski definition) is 2. The van der Waals surface area contributed by atoms with Crippen LogP contribution < -0.4 is 0 Å². The number of carboxylic acids is 2. The number of nitrogens with zero attached hydrogens (tertiary/aromatic N) is 4. The summed E-state index contributed by atoms with van der Waals surface area (Å²) < 4.78 is 34.1. The Morgan fingerprint density at radius 1 is 0.741 bits per heavy atom. The highest BCUT2D eigenvalue weighted by Crippen LogP contribution is 2.12. The van der Waals surface area contributed by atoms with Crippen molar-refractivity contribution in [3.8, 4) is 0 Å². The van der Waals surface area contributed by atoms with Crippen molar-refractivity contribution in [3.63, 3.8) is 0 Å². The molecular weight excluding hydrogens is 384 g/mol. The van der Waals surface area contributed by atoms with Gasteiger partial charge < -0.3 is 19.3 Å². The quantitative estimate of drug-likeness (QED) is 0.431. The van der Waals surface area contributed by atoms with Crippen LogP contribution in [0.4, 0.5) is 11.4 Å². The fourth-order valence-corrected chi connectivity index (χ4v) is 1.34. The third-order valence-electron chi connectivity index (χ3n) is 2.46. The lowest BCUT2D eigenvalue weighted by molar-refractivity contribution is 0.0686. The molecule has 2 rings (SSSR count). The normalized spacial score (nSPS) is 9.19. The highest BCUT2D eigenvalue weighted by molar-refractivity contribution is 7.79. The Kier molecular flexibility index (Phi) is 9.28. The van der Waals surface area contributed by atoms with Crippen LogP contribution >= 0.6 is 0 Å². The van der Waals surface area contributed by atoms with Crippen LogP contribution in [-0.4, -0.2) is 39.7 Å². The zero-order valence-corrected chi connectivity index (χ0v) is 14.0. The summed E-state index contributed by atoms with van der Waals surface area (Å²) in [5, 5.41) is 33.4. The van der Waals surface area contributed by atoms with Crippen LogP contribution in [0.5, 0.6) is 0 Å². The topological polar surface area (TPSA) is 211 Å². The van der Waals surface area contributed by atoms with Crippen LogP contribution in [-0.2, 0) is 10.4 Å².